The smallest absolute Gasteiger partial charge is 0.169 e. The maximum atomic E-state index is 6.49. The van der Waals surface area contributed by atoms with Crippen LogP contribution in [-0.4, -0.2) is 21.3 Å². The van der Waals surface area contributed by atoms with E-state index in [1.165, 1.54) is 0 Å². The van der Waals surface area contributed by atoms with Crippen LogP contribution in [0.5, 0.6) is 17.2 Å². The van der Waals surface area contributed by atoms with Crippen molar-refractivity contribution in [2.24, 2.45) is 0 Å². The van der Waals surface area contributed by atoms with Gasteiger partial charge in [-0.25, -0.2) is 0 Å². The summed E-state index contributed by atoms with van der Waals surface area (Å²) in [7, 11) is 4.72. The molecule has 4 nitrogen and oxygen atoms in total. The molecule has 0 spiro atoms. The van der Waals surface area contributed by atoms with Crippen molar-refractivity contribution in [2.45, 2.75) is 5.38 Å². The van der Waals surface area contributed by atoms with Crippen LogP contribution in [0.1, 0.15) is 16.7 Å². The van der Waals surface area contributed by atoms with Crippen molar-refractivity contribution in [2.75, 3.05) is 21.3 Å². The second kappa shape index (κ2) is 6.41. The molecule has 0 aliphatic heterocycles. The zero-order chi connectivity index (χ0) is 14.7. The van der Waals surface area contributed by atoms with Crippen LogP contribution in [0.15, 0.2) is 33.4 Å². The Balaban J connectivity index is 2.53. The third-order valence-corrected chi connectivity index (χ3v) is 3.71. The van der Waals surface area contributed by atoms with E-state index in [1.807, 2.05) is 0 Å². The standard InChI is InChI=1S/C14H14BrClO4/c1-17-8-6-10(18-2)13(11(7-8)19-3)14(16)9-4-5-12(15)20-9/h4-7,14H,1-3H3. The number of hydrogen-bond acceptors (Lipinski definition) is 4. The van der Waals surface area contributed by atoms with Crippen molar-refractivity contribution in [3.05, 3.63) is 40.3 Å². The number of hydrogen-bond donors (Lipinski definition) is 0. The fourth-order valence-corrected chi connectivity index (χ4v) is 2.54. The van der Waals surface area contributed by atoms with Gasteiger partial charge in [0.2, 0.25) is 0 Å². The van der Waals surface area contributed by atoms with Crippen LogP contribution < -0.4 is 14.2 Å². The Morgan fingerprint density at radius 2 is 1.65 bits per heavy atom. The third kappa shape index (κ3) is 2.88. The molecule has 0 saturated heterocycles. The lowest BCUT2D eigenvalue weighted by Gasteiger charge is -2.17. The van der Waals surface area contributed by atoms with Gasteiger partial charge in [-0.1, -0.05) is 0 Å². The van der Waals surface area contributed by atoms with Crippen LogP contribution in [-0.2, 0) is 0 Å². The number of ether oxygens (including phenoxy) is 3. The van der Waals surface area contributed by atoms with Gasteiger partial charge in [-0.2, -0.15) is 0 Å². The number of benzene rings is 1. The average Bonchev–Trinajstić information content (AvgIpc) is 2.91. The Morgan fingerprint density at radius 1 is 1.05 bits per heavy atom. The van der Waals surface area contributed by atoms with Crippen molar-refractivity contribution >= 4 is 27.5 Å². The van der Waals surface area contributed by atoms with Gasteiger partial charge in [0.15, 0.2) is 4.67 Å². The Morgan fingerprint density at radius 3 is 2.05 bits per heavy atom. The number of furan rings is 1. The summed E-state index contributed by atoms with van der Waals surface area (Å²) in [6.07, 6.45) is 0. The van der Waals surface area contributed by atoms with Gasteiger partial charge in [-0.05, 0) is 28.1 Å². The number of methoxy groups -OCH3 is 3. The molecule has 6 heteroatoms. The molecule has 108 valence electrons. The first-order valence-corrected chi connectivity index (χ1v) is 7.02. The zero-order valence-electron chi connectivity index (χ0n) is 11.3. The fourth-order valence-electron chi connectivity index (χ4n) is 1.89. The minimum absolute atomic E-state index is 0.530. The van der Waals surface area contributed by atoms with E-state index in [9.17, 15) is 0 Å². The Kier molecular flexibility index (Phi) is 4.83. The molecule has 1 aromatic carbocycles. The van der Waals surface area contributed by atoms with E-state index >= 15 is 0 Å². The van der Waals surface area contributed by atoms with Gasteiger partial charge in [-0.15, -0.1) is 11.6 Å². The fraction of sp³-hybridized carbons (Fsp3) is 0.286. The largest absolute Gasteiger partial charge is 0.496 e. The normalized spacial score (nSPS) is 12.1. The minimum Gasteiger partial charge on any atom is -0.496 e. The Labute approximate surface area is 130 Å². The van der Waals surface area contributed by atoms with E-state index in [-0.39, 0.29) is 0 Å². The number of rotatable bonds is 5. The molecule has 1 aromatic heterocycles. The summed E-state index contributed by atoms with van der Waals surface area (Å²) in [5.74, 6) is 2.38. The molecule has 1 heterocycles. The summed E-state index contributed by atoms with van der Waals surface area (Å²) in [6.45, 7) is 0. The molecule has 1 atom stereocenters. The van der Waals surface area contributed by atoms with Crippen molar-refractivity contribution in [3.63, 3.8) is 0 Å². The van der Waals surface area contributed by atoms with Crippen LogP contribution in [0, 0.1) is 0 Å². The SMILES string of the molecule is COc1cc(OC)c(C(Cl)c2ccc(Br)o2)c(OC)c1. The van der Waals surface area contributed by atoms with E-state index < -0.39 is 5.38 Å². The van der Waals surface area contributed by atoms with Gasteiger partial charge in [0, 0.05) is 12.1 Å². The van der Waals surface area contributed by atoms with Crippen molar-refractivity contribution < 1.29 is 18.6 Å². The predicted octanol–water partition coefficient (Wildman–Crippen LogP) is 4.40. The molecule has 20 heavy (non-hydrogen) atoms. The molecule has 0 fully saturated rings. The summed E-state index contributed by atoms with van der Waals surface area (Å²) < 4.78 is 22.1. The first-order valence-electron chi connectivity index (χ1n) is 5.80. The third-order valence-electron chi connectivity index (χ3n) is 2.85. The molecule has 0 aliphatic rings. The van der Waals surface area contributed by atoms with Crippen LogP contribution in [0.3, 0.4) is 0 Å². The molecule has 0 N–H and O–H groups in total. The number of halogens is 2. The summed E-state index contributed by atoms with van der Waals surface area (Å²) in [4.78, 5) is 0. The van der Waals surface area contributed by atoms with E-state index in [0.717, 1.165) is 0 Å². The highest BCUT2D eigenvalue weighted by Gasteiger charge is 2.24. The number of alkyl halides is 1. The Bertz CT molecular complexity index is 572. The molecule has 1 unspecified atom stereocenters. The van der Waals surface area contributed by atoms with Crippen molar-refractivity contribution in [1.29, 1.82) is 0 Å². The van der Waals surface area contributed by atoms with E-state index in [1.54, 1.807) is 45.6 Å². The van der Waals surface area contributed by atoms with Crippen LogP contribution >= 0.6 is 27.5 Å². The molecule has 0 radical (unpaired) electrons. The topological polar surface area (TPSA) is 40.8 Å². The average molecular weight is 362 g/mol. The van der Waals surface area contributed by atoms with Crippen LogP contribution in [0.2, 0.25) is 0 Å². The van der Waals surface area contributed by atoms with Gasteiger partial charge in [0.25, 0.3) is 0 Å². The first-order chi connectivity index (χ1) is 9.60. The summed E-state index contributed by atoms with van der Waals surface area (Å²) >= 11 is 9.75. The molecular formula is C14H14BrClO4. The summed E-state index contributed by atoms with van der Waals surface area (Å²) in [6, 6.07) is 7.09. The Hall–Kier alpha value is -1.33. The molecular weight excluding hydrogens is 348 g/mol. The van der Waals surface area contributed by atoms with E-state index in [4.69, 9.17) is 30.2 Å². The second-order valence-electron chi connectivity index (χ2n) is 3.95. The zero-order valence-corrected chi connectivity index (χ0v) is 13.6. The molecule has 0 aliphatic carbocycles. The predicted molar refractivity (Wildman–Crippen MR) is 80.2 cm³/mol. The maximum absolute atomic E-state index is 6.49. The summed E-state index contributed by atoms with van der Waals surface area (Å²) in [5.41, 5.74) is 0.694. The maximum Gasteiger partial charge on any atom is 0.169 e. The lowest BCUT2D eigenvalue weighted by atomic mass is 10.1. The lowest BCUT2D eigenvalue weighted by Crippen LogP contribution is -2.01. The quantitative estimate of drug-likeness (QED) is 0.740. The monoisotopic (exact) mass is 360 g/mol. The highest BCUT2D eigenvalue weighted by atomic mass is 79.9. The van der Waals surface area contributed by atoms with Crippen LogP contribution in [0.25, 0.3) is 0 Å². The molecule has 2 rings (SSSR count). The summed E-state index contributed by atoms with van der Waals surface area (Å²) in [5, 5.41) is -0.530. The van der Waals surface area contributed by atoms with Crippen LogP contribution in [0.4, 0.5) is 0 Å². The molecule has 0 saturated carbocycles. The van der Waals surface area contributed by atoms with E-state index in [0.29, 0.717) is 33.2 Å². The molecule has 0 bridgehead atoms. The first kappa shape index (κ1) is 15.1. The van der Waals surface area contributed by atoms with Gasteiger partial charge >= 0.3 is 0 Å². The van der Waals surface area contributed by atoms with E-state index in [2.05, 4.69) is 15.9 Å². The molecule has 2 aromatic rings. The molecule has 0 amide bonds. The lowest BCUT2D eigenvalue weighted by molar-refractivity contribution is 0.367. The van der Waals surface area contributed by atoms with Gasteiger partial charge in [-0.3, -0.25) is 0 Å². The highest BCUT2D eigenvalue weighted by Crippen LogP contribution is 2.44. The minimum atomic E-state index is -0.530. The van der Waals surface area contributed by atoms with Crippen molar-refractivity contribution in [3.8, 4) is 17.2 Å². The van der Waals surface area contributed by atoms with Gasteiger partial charge < -0.3 is 18.6 Å². The van der Waals surface area contributed by atoms with Gasteiger partial charge in [0.05, 0.1) is 26.9 Å². The van der Waals surface area contributed by atoms with Gasteiger partial charge in [0.1, 0.15) is 28.4 Å². The van der Waals surface area contributed by atoms with Crippen molar-refractivity contribution in [1.82, 2.24) is 0 Å². The second-order valence-corrected chi connectivity index (χ2v) is 5.17. The highest BCUT2D eigenvalue weighted by molar-refractivity contribution is 9.10.